The predicted molar refractivity (Wildman–Crippen MR) is 121 cm³/mol. The summed E-state index contributed by atoms with van der Waals surface area (Å²) in [5.41, 5.74) is 0.502. The van der Waals surface area contributed by atoms with Crippen LogP contribution in [0.25, 0.3) is 11.4 Å². The maximum Gasteiger partial charge on any atom is 0.244 e. The van der Waals surface area contributed by atoms with Gasteiger partial charge in [0.15, 0.2) is 0 Å². The number of hydrogen-bond acceptors (Lipinski definition) is 6. The van der Waals surface area contributed by atoms with Crippen molar-refractivity contribution < 1.29 is 17.7 Å². The molecule has 32 heavy (non-hydrogen) atoms. The first-order valence-corrected chi connectivity index (χ1v) is 13.0. The fraction of sp³-hybridized carbons (Fsp3) is 0.591. The summed E-state index contributed by atoms with van der Waals surface area (Å²) in [6.45, 7) is 4.41. The number of hydrogen-bond donors (Lipinski definition) is 1. The molecular formula is C22H29ClN4O4S. The van der Waals surface area contributed by atoms with E-state index in [9.17, 15) is 13.2 Å². The highest BCUT2D eigenvalue weighted by Gasteiger charge is 2.35. The van der Waals surface area contributed by atoms with E-state index in [0.29, 0.717) is 42.6 Å². The number of amides is 1. The zero-order valence-corrected chi connectivity index (χ0v) is 20.0. The molecule has 1 aliphatic heterocycles. The molecule has 10 heteroatoms. The summed E-state index contributed by atoms with van der Waals surface area (Å²) in [7, 11) is -3.89. The van der Waals surface area contributed by atoms with E-state index in [1.165, 1.54) is 16.4 Å². The first-order chi connectivity index (χ1) is 15.2. The quantitative estimate of drug-likeness (QED) is 0.697. The summed E-state index contributed by atoms with van der Waals surface area (Å²) in [5, 5.41) is 7.13. The van der Waals surface area contributed by atoms with Gasteiger partial charge < -0.3 is 9.84 Å². The van der Waals surface area contributed by atoms with Crippen LogP contribution in [0.3, 0.4) is 0 Å². The molecule has 1 N–H and O–H groups in total. The van der Waals surface area contributed by atoms with Gasteiger partial charge in [-0.15, -0.1) is 0 Å². The first kappa shape index (κ1) is 23.2. The second-order valence-corrected chi connectivity index (χ2v) is 11.3. The molecule has 174 valence electrons. The number of sulfonamides is 1. The first-order valence-electron chi connectivity index (χ1n) is 11.1. The van der Waals surface area contributed by atoms with Gasteiger partial charge in [0.25, 0.3) is 0 Å². The van der Waals surface area contributed by atoms with Crippen LogP contribution in [-0.2, 0) is 14.8 Å². The summed E-state index contributed by atoms with van der Waals surface area (Å²) in [6.07, 6.45) is 5.51. The van der Waals surface area contributed by atoms with Gasteiger partial charge >= 0.3 is 0 Å². The highest BCUT2D eigenvalue weighted by atomic mass is 35.5. The molecule has 1 atom stereocenters. The fourth-order valence-electron chi connectivity index (χ4n) is 4.49. The number of rotatable bonds is 5. The van der Waals surface area contributed by atoms with E-state index < -0.39 is 10.0 Å². The van der Waals surface area contributed by atoms with E-state index in [0.717, 1.165) is 25.7 Å². The molecule has 1 amide bonds. The number of nitrogens with one attached hydrogen (secondary N) is 1. The van der Waals surface area contributed by atoms with Crippen LogP contribution < -0.4 is 5.32 Å². The molecule has 0 bridgehead atoms. The molecule has 0 radical (unpaired) electrons. The molecule has 1 aromatic heterocycles. The van der Waals surface area contributed by atoms with E-state index in [-0.39, 0.29) is 34.3 Å². The topological polar surface area (TPSA) is 105 Å². The molecule has 2 aliphatic rings. The lowest BCUT2D eigenvalue weighted by molar-refractivity contribution is -0.127. The molecule has 2 heterocycles. The van der Waals surface area contributed by atoms with Crippen LogP contribution in [0.4, 0.5) is 0 Å². The largest absolute Gasteiger partial charge is 0.353 e. The highest BCUT2D eigenvalue weighted by Crippen LogP contribution is 2.32. The van der Waals surface area contributed by atoms with Crippen molar-refractivity contribution >= 4 is 27.5 Å². The van der Waals surface area contributed by atoms with Crippen LogP contribution in [0.1, 0.15) is 51.3 Å². The minimum absolute atomic E-state index is 0.0125. The molecule has 2 aromatic rings. The molecule has 8 nitrogen and oxygen atoms in total. The lowest BCUT2D eigenvalue weighted by Crippen LogP contribution is -2.48. The van der Waals surface area contributed by atoms with Crippen molar-refractivity contribution in [3.63, 3.8) is 0 Å². The lowest BCUT2D eigenvalue weighted by Gasteiger charge is -2.33. The van der Waals surface area contributed by atoms with E-state index in [1.54, 1.807) is 13.0 Å². The zero-order valence-electron chi connectivity index (χ0n) is 18.4. The normalized spacial score (nSPS) is 24.9. The Morgan fingerprint density at radius 3 is 2.66 bits per heavy atom. The molecule has 4 rings (SSSR count). The van der Waals surface area contributed by atoms with Gasteiger partial charge in [0.1, 0.15) is 4.90 Å². The molecule has 1 aliphatic carbocycles. The average molecular weight is 481 g/mol. The smallest absolute Gasteiger partial charge is 0.244 e. The number of aromatic nitrogens is 2. The lowest BCUT2D eigenvalue weighted by atomic mass is 9.87. The van der Waals surface area contributed by atoms with Crippen molar-refractivity contribution in [3.8, 4) is 11.4 Å². The molecule has 2 fully saturated rings. The standard InChI is InChI=1S/C22H29ClN4O4S/c1-14-5-8-18(9-6-14)25-22(28)17-4-3-11-27(13-17)32(29,30)20-12-16(7-10-19(20)23)21-24-15(2)31-26-21/h7,10,12,14,17-18H,3-6,8-9,11,13H2,1-2H3,(H,25,28)/t14?,17-,18?/m0/s1. The number of nitrogens with zero attached hydrogens (tertiary/aromatic N) is 3. The molecule has 1 aromatic carbocycles. The van der Waals surface area contributed by atoms with Gasteiger partial charge in [0.2, 0.25) is 27.6 Å². The maximum absolute atomic E-state index is 13.4. The molecule has 0 spiro atoms. The average Bonchev–Trinajstić information content (AvgIpc) is 3.22. The Morgan fingerprint density at radius 1 is 1.22 bits per heavy atom. The Kier molecular flexibility index (Phi) is 6.88. The number of halogens is 1. The monoisotopic (exact) mass is 480 g/mol. The minimum atomic E-state index is -3.89. The number of carbonyl (C=O) groups is 1. The molecule has 1 saturated carbocycles. The van der Waals surface area contributed by atoms with Gasteiger partial charge in [0.05, 0.1) is 10.9 Å². The highest BCUT2D eigenvalue weighted by molar-refractivity contribution is 7.89. The maximum atomic E-state index is 13.4. The summed E-state index contributed by atoms with van der Waals surface area (Å²) in [6, 6.07) is 4.83. The second-order valence-electron chi connectivity index (χ2n) is 8.95. The van der Waals surface area contributed by atoms with Crippen molar-refractivity contribution in [2.75, 3.05) is 13.1 Å². The third kappa shape index (κ3) is 5.00. The van der Waals surface area contributed by atoms with E-state index in [4.69, 9.17) is 16.1 Å². The fourth-order valence-corrected chi connectivity index (χ4v) is 6.52. The van der Waals surface area contributed by atoms with Crippen LogP contribution in [0.15, 0.2) is 27.6 Å². The predicted octanol–water partition coefficient (Wildman–Crippen LogP) is 3.79. The van der Waals surface area contributed by atoms with Gasteiger partial charge in [-0.25, -0.2) is 8.42 Å². The number of carbonyl (C=O) groups excluding carboxylic acids is 1. The number of aryl methyl sites for hydroxylation is 1. The van der Waals surface area contributed by atoms with Crippen LogP contribution in [0.2, 0.25) is 5.02 Å². The van der Waals surface area contributed by atoms with Crippen molar-refractivity contribution in [2.45, 2.75) is 63.3 Å². The second kappa shape index (κ2) is 9.49. The SMILES string of the molecule is Cc1nc(-c2ccc(Cl)c(S(=O)(=O)N3CCC[C@H](C(=O)NC4CCC(C)CC4)C3)c2)no1. The number of benzene rings is 1. The Hall–Kier alpha value is -1.97. The van der Waals surface area contributed by atoms with Crippen molar-refractivity contribution in [1.82, 2.24) is 19.8 Å². The molecule has 0 unspecified atom stereocenters. The summed E-state index contributed by atoms with van der Waals surface area (Å²) < 4.78 is 33.2. The van der Waals surface area contributed by atoms with Crippen LogP contribution in [0.5, 0.6) is 0 Å². The molecule has 1 saturated heterocycles. The van der Waals surface area contributed by atoms with Gasteiger partial charge in [-0.2, -0.15) is 9.29 Å². The van der Waals surface area contributed by atoms with E-state index in [1.807, 2.05) is 0 Å². The Labute approximate surface area is 193 Å². The Balaban J connectivity index is 1.49. The number of piperidine rings is 1. The summed E-state index contributed by atoms with van der Waals surface area (Å²) in [4.78, 5) is 17.0. The van der Waals surface area contributed by atoms with Gasteiger partial charge in [-0.05, 0) is 62.6 Å². The van der Waals surface area contributed by atoms with E-state index >= 15 is 0 Å². The zero-order chi connectivity index (χ0) is 22.9. The minimum Gasteiger partial charge on any atom is -0.353 e. The van der Waals surface area contributed by atoms with Crippen molar-refractivity contribution in [3.05, 3.63) is 29.1 Å². The van der Waals surface area contributed by atoms with Gasteiger partial charge in [-0.1, -0.05) is 23.7 Å². The van der Waals surface area contributed by atoms with Crippen LogP contribution in [-0.4, -0.2) is 47.9 Å². The summed E-state index contributed by atoms with van der Waals surface area (Å²) >= 11 is 6.28. The van der Waals surface area contributed by atoms with Crippen molar-refractivity contribution in [2.24, 2.45) is 11.8 Å². The van der Waals surface area contributed by atoms with Gasteiger partial charge in [0, 0.05) is 31.6 Å². The van der Waals surface area contributed by atoms with Crippen LogP contribution >= 0.6 is 11.6 Å². The van der Waals surface area contributed by atoms with E-state index in [2.05, 4.69) is 22.4 Å². The Bertz CT molecular complexity index is 1080. The van der Waals surface area contributed by atoms with Crippen molar-refractivity contribution in [1.29, 1.82) is 0 Å². The third-order valence-electron chi connectivity index (χ3n) is 6.45. The molecular weight excluding hydrogens is 452 g/mol. The summed E-state index contributed by atoms with van der Waals surface area (Å²) in [5.74, 6) is 0.978. The van der Waals surface area contributed by atoms with Gasteiger partial charge in [-0.3, -0.25) is 4.79 Å². The Morgan fingerprint density at radius 2 is 1.97 bits per heavy atom. The third-order valence-corrected chi connectivity index (χ3v) is 8.80. The van der Waals surface area contributed by atoms with Crippen LogP contribution in [0, 0.1) is 18.8 Å².